The first-order valence-corrected chi connectivity index (χ1v) is 4.13. The molecule has 0 aliphatic heterocycles. The van der Waals surface area contributed by atoms with Crippen LogP contribution >= 0.6 is 12.4 Å². The quantitative estimate of drug-likeness (QED) is 0.646. The number of hydrogen-bond acceptors (Lipinski definition) is 2. The first-order valence-electron chi connectivity index (χ1n) is 4.13. The number of halogens is 1. The van der Waals surface area contributed by atoms with E-state index in [4.69, 9.17) is 11.5 Å². The molecule has 72 valence electrons. The Kier molecular flexibility index (Phi) is 4.00. The van der Waals surface area contributed by atoms with Gasteiger partial charge in [0, 0.05) is 6.04 Å². The average molecular weight is 193 g/mol. The number of rotatable bonds is 1. The van der Waals surface area contributed by atoms with Crippen molar-refractivity contribution < 1.29 is 4.79 Å². The molecular weight excluding hydrogens is 176 g/mol. The van der Waals surface area contributed by atoms with E-state index in [2.05, 4.69) is 0 Å². The van der Waals surface area contributed by atoms with Crippen LogP contribution in [0.25, 0.3) is 0 Å². The summed E-state index contributed by atoms with van der Waals surface area (Å²) in [6.07, 6.45) is 3.99. The summed E-state index contributed by atoms with van der Waals surface area (Å²) < 4.78 is 0. The highest BCUT2D eigenvalue weighted by Gasteiger charge is 2.39. The highest BCUT2D eigenvalue weighted by Crippen LogP contribution is 2.34. The maximum Gasteiger partial charge on any atom is 0.224 e. The average Bonchev–Trinajstić information content (AvgIpc) is 1.95. The van der Waals surface area contributed by atoms with Crippen LogP contribution in [-0.4, -0.2) is 11.9 Å². The van der Waals surface area contributed by atoms with Gasteiger partial charge in [0.25, 0.3) is 0 Å². The predicted molar refractivity (Wildman–Crippen MR) is 51.0 cm³/mol. The molecule has 1 amide bonds. The highest BCUT2D eigenvalue weighted by molar-refractivity contribution is 5.85. The first-order chi connectivity index (χ1) is 5.07. The summed E-state index contributed by atoms with van der Waals surface area (Å²) >= 11 is 0. The second-order valence-electron chi connectivity index (χ2n) is 3.63. The summed E-state index contributed by atoms with van der Waals surface area (Å²) in [7, 11) is 0. The zero-order valence-electron chi connectivity index (χ0n) is 7.38. The van der Waals surface area contributed by atoms with E-state index in [-0.39, 0.29) is 24.4 Å². The minimum Gasteiger partial charge on any atom is -0.369 e. The highest BCUT2D eigenvalue weighted by atomic mass is 35.5. The van der Waals surface area contributed by atoms with E-state index in [1.54, 1.807) is 0 Å². The molecule has 12 heavy (non-hydrogen) atoms. The molecule has 1 fully saturated rings. The van der Waals surface area contributed by atoms with Crippen molar-refractivity contribution >= 4 is 18.3 Å². The Labute approximate surface area is 79.3 Å². The number of hydrogen-bond donors (Lipinski definition) is 2. The zero-order chi connectivity index (χ0) is 8.48. The van der Waals surface area contributed by atoms with Crippen molar-refractivity contribution in [2.24, 2.45) is 16.9 Å². The Balaban J connectivity index is 0.00000121. The molecule has 1 saturated carbocycles. The van der Waals surface area contributed by atoms with Gasteiger partial charge in [-0.1, -0.05) is 12.8 Å². The molecular formula is C8H17ClN2O. The van der Waals surface area contributed by atoms with Crippen LogP contribution in [0.2, 0.25) is 0 Å². The summed E-state index contributed by atoms with van der Waals surface area (Å²) in [5, 5.41) is 0. The topological polar surface area (TPSA) is 69.1 Å². The van der Waals surface area contributed by atoms with E-state index >= 15 is 0 Å². The summed E-state index contributed by atoms with van der Waals surface area (Å²) in [5.41, 5.74) is 10.6. The number of primary amides is 1. The third-order valence-corrected chi connectivity index (χ3v) is 2.84. The van der Waals surface area contributed by atoms with Gasteiger partial charge in [-0.05, 0) is 19.8 Å². The van der Waals surface area contributed by atoms with E-state index in [0.717, 1.165) is 25.7 Å². The Hall–Kier alpha value is -0.280. The fourth-order valence-electron chi connectivity index (χ4n) is 1.67. The first kappa shape index (κ1) is 11.7. The van der Waals surface area contributed by atoms with Gasteiger partial charge in [0.1, 0.15) is 0 Å². The summed E-state index contributed by atoms with van der Waals surface area (Å²) in [6, 6.07) is -0.0336. The van der Waals surface area contributed by atoms with Crippen LogP contribution in [0, 0.1) is 5.41 Å². The molecule has 0 aromatic heterocycles. The molecule has 2 unspecified atom stereocenters. The number of carbonyl (C=O) groups is 1. The van der Waals surface area contributed by atoms with Crippen LogP contribution in [-0.2, 0) is 4.79 Å². The van der Waals surface area contributed by atoms with Crippen molar-refractivity contribution in [3.63, 3.8) is 0 Å². The van der Waals surface area contributed by atoms with Gasteiger partial charge in [-0.2, -0.15) is 0 Å². The van der Waals surface area contributed by atoms with E-state index in [0.29, 0.717) is 0 Å². The van der Waals surface area contributed by atoms with E-state index in [9.17, 15) is 4.79 Å². The van der Waals surface area contributed by atoms with Crippen molar-refractivity contribution in [3.8, 4) is 0 Å². The van der Waals surface area contributed by atoms with Gasteiger partial charge in [0.05, 0.1) is 5.41 Å². The minimum atomic E-state index is -0.446. The normalized spacial score (nSPS) is 35.3. The molecule has 0 bridgehead atoms. The van der Waals surface area contributed by atoms with Gasteiger partial charge < -0.3 is 11.5 Å². The van der Waals surface area contributed by atoms with Crippen molar-refractivity contribution in [3.05, 3.63) is 0 Å². The maximum atomic E-state index is 11.0. The lowest BCUT2D eigenvalue weighted by Crippen LogP contribution is -2.50. The molecule has 1 aliphatic rings. The van der Waals surface area contributed by atoms with Crippen LogP contribution in [0.3, 0.4) is 0 Å². The van der Waals surface area contributed by atoms with Crippen LogP contribution in [0.1, 0.15) is 32.6 Å². The molecule has 1 aliphatic carbocycles. The Morgan fingerprint density at radius 3 is 2.42 bits per heavy atom. The van der Waals surface area contributed by atoms with Crippen molar-refractivity contribution in [1.82, 2.24) is 0 Å². The summed E-state index contributed by atoms with van der Waals surface area (Å²) in [6.45, 7) is 1.87. The molecule has 0 radical (unpaired) electrons. The molecule has 0 heterocycles. The van der Waals surface area contributed by atoms with Crippen molar-refractivity contribution in [2.75, 3.05) is 0 Å². The van der Waals surface area contributed by atoms with E-state index in [1.807, 2.05) is 6.92 Å². The van der Waals surface area contributed by atoms with Gasteiger partial charge in [-0.3, -0.25) is 4.79 Å². The number of nitrogens with two attached hydrogens (primary N) is 2. The lowest BCUT2D eigenvalue weighted by molar-refractivity contribution is -0.129. The van der Waals surface area contributed by atoms with Gasteiger partial charge in [-0.15, -0.1) is 12.4 Å². The summed E-state index contributed by atoms with van der Waals surface area (Å²) in [5.74, 6) is -0.246. The van der Waals surface area contributed by atoms with Gasteiger partial charge in [0.15, 0.2) is 0 Å². The van der Waals surface area contributed by atoms with Crippen LogP contribution in [0.4, 0.5) is 0 Å². The molecule has 4 heteroatoms. The molecule has 2 atom stereocenters. The summed E-state index contributed by atoms with van der Waals surface area (Å²) in [4.78, 5) is 11.0. The number of amides is 1. The SMILES string of the molecule is CC1(C(N)=O)CCCCC1N.Cl. The second kappa shape index (κ2) is 4.10. The van der Waals surface area contributed by atoms with E-state index < -0.39 is 5.41 Å². The smallest absolute Gasteiger partial charge is 0.224 e. The van der Waals surface area contributed by atoms with Gasteiger partial charge in [-0.25, -0.2) is 0 Å². The Bertz CT molecular complexity index is 174. The molecule has 4 N–H and O–H groups in total. The van der Waals surface area contributed by atoms with Crippen LogP contribution < -0.4 is 11.5 Å². The monoisotopic (exact) mass is 192 g/mol. The molecule has 1 rings (SSSR count). The fourth-order valence-corrected chi connectivity index (χ4v) is 1.67. The largest absolute Gasteiger partial charge is 0.369 e. The van der Waals surface area contributed by atoms with Crippen LogP contribution in [0.15, 0.2) is 0 Å². The standard InChI is InChI=1S/C8H16N2O.ClH/c1-8(7(10)11)5-3-2-4-6(8)9;/h6H,2-5,9H2,1H3,(H2,10,11);1H. The molecule has 0 spiro atoms. The zero-order valence-corrected chi connectivity index (χ0v) is 8.19. The minimum absolute atomic E-state index is 0. The maximum absolute atomic E-state index is 11.0. The second-order valence-corrected chi connectivity index (χ2v) is 3.63. The Morgan fingerprint density at radius 1 is 1.50 bits per heavy atom. The van der Waals surface area contributed by atoms with Gasteiger partial charge in [0.2, 0.25) is 5.91 Å². The fraction of sp³-hybridized carbons (Fsp3) is 0.875. The van der Waals surface area contributed by atoms with Gasteiger partial charge >= 0.3 is 0 Å². The third kappa shape index (κ3) is 1.90. The molecule has 0 aromatic rings. The molecule has 3 nitrogen and oxygen atoms in total. The third-order valence-electron chi connectivity index (χ3n) is 2.84. The van der Waals surface area contributed by atoms with Crippen molar-refractivity contribution in [1.29, 1.82) is 0 Å². The Morgan fingerprint density at radius 2 is 2.08 bits per heavy atom. The number of carbonyl (C=O) groups excluding carboxylic acids is 1. The van der Waals surface area contributed by atoms with Crippen LogP contribution in [0.5, 0.6) is 0 Å². The lowest BCUT2D eigenvalue weighted by atomic mass is 9.71. The lowest BCUT2D eigenvalue weighted by Gasteiger charge is -2.36. The molecule has 0 saturated heterocycles. The predicted octanol–water partition coefficient (Wildman–Crippen LogP) is 0.801. The van der Waals surface area contributed by atoms with Crippen molar-refractivity contribution in [2.45, 2.75) is 38.6 Å². The van der Waals surface area contributed by atoms with E-state index in [1.165, 1.54) is 0 Å². The molecule has 0 aromatic carbocycles.